The first kappa shape index (κ1) is 15.3. The standard InChI is InChI=1S/C14H11Cl2N3O2/c1-19-6-2-3-10(14(19)21)13(20)18-17-8-9-4-5-11(15)12(16)7-9/h2-8H,1H3,(H,18,20)/b17-8-. The highest BCUT2D eigenvalue weighted by molar-refractivity contribution is 6.42. The highest BCUT2D eigenvalue weighted by Gasteiger charge is 2.09. The molecule has 0 bridgehead atoms. The summed E-state index contributed by atoms with van der Waals surface area (Å²) in [6.45, 7) is 0. The van der Waals surface area contributed by atoms with Gasteiger partial charge in [0.2, 0.25) is 0 Å². The van der Waals surface area contributed by atoms with Gasteiger partial charge in [0, 0.05) is 13.2 Å². The second-order valence-corrected chi connectivity index (χ2v) is 5.02. The van der Waals surface area contributed by atoms with Crippen LogP contribution in [0.4, 0.5) is 0 Å². The van der Waals surface area contributed by atoms with Crippen molar-refractivity contribution in [1.82, 2.24) is 9.99 Å². The van der Waals surface area contributed by atoms with Crippen molar-refractivity contribution in [2.75, 3.05) is 0 Å². The van der Waals surface area contributed by atoms with E-state index in [1.54, 1.807) is 37.5 Å². The lowest BCUT2D eigenvalue weighted by Crippen LogP contribution is -2.29. The van der Waals surface area contributed by atoms with Crippen LogP contribution in [-0.4, -0.2) is 16.7 Å². The second kappa shape index (κ2) is 6.56. The smallest absolute Gasteiger partial charge is 0.276 e. The first-order valence-corrected chi connectivity index (χ1v) is 6.69. The number of aryl methyl sites for hydroxylation is 1. The summed E-state index contributed by atoms with van der Waals surface area (Å²) in [6, 6.07) is 7.98. The van der Waals surface area contributed by atoms with Gasteiger partial charge in [0.1, 0.15) is 5.56 Å². The molecule has 1 aromatic heterocycles. The van der Waals surface area contributed by atoms with Crippen LogP contribution in [0.3, 0.4) is 0 Å². The summed E-state index contributed by atoms with van der Waals surface area (Å²) < 4.78 is 1.32. The summed E-state index contributed by atoms with van der Waals surface area (Å²) in [6.07, 6.45) is 2.98. The number of nitrogens with one attached hydrogen (secondary N) is 1. The van der Waals surface area contributed by atoms with Crippen LogP contribution in [0.1, 0.15) is 15.9 Å². The van der Waals surface area contributed by atoms with Gasteiger partial charge in [0.15, 0.2) is 0 Å². The molecule has 0 saturated carbocycles. The number of hydrogen-bond acceptors (Lipinski definition) is 3. The molecule has 2 aromatic rings. The van der Waals surface area contributed by atoms with Crippen LogP contribution in [0.2, 0.25) is 10.0 Å². The molecule has 1 amide bonds. The number of nitrogens with zero attached hydrogens (tertiary/aromatic N) is 2. The first-order chi connectivity index (χ1) is 9.99. The topological polar surface area (TPSA) is 63.5 Å². The second-order valence-electron chi connectivity index (χ2n) is 4.21. The molecule has 0 unspecified atom stereocenters. The fourth-order valence-electron chi connectivity index (χ4n) is 1.59. The molecule has 1 heterocycles. The lowest BCUT2D eigenvalue weighted by atomic mass is 10.2. The van der Waals surface area contributed by atoms with Gasteiger partial charge >= 0.3 is 0 Å². The molecule has 21 heavy (non-hydrogen) atoms. The number of pyridine rings is 1. The number of halogens is 2. The zero-order valence-electron chi connectivity index (χ0n) is 11.0. The average Bonchev–Trinajstić information content (AvgIpc) is 2.45. The molecule has 108 valence electrons. The molecule has 2 rings (SSSR count). The predicted octanol–water partition coefficient (Wildman–Crippen LogP) is 2.46. The Hall–Kier alpha value is -2.11. The molecule has 0 radical (unpaired) electrons. The SMILES string of the molecule is Cn1cccc(C(=O)N/N=C\c2ccc(Cl)c(Cl)c2)c1=O. The maximum atomic E-state index is 11.8. The van der Waals surface area contributed by atoms with E-state index in [-0.39, 0.29) is 11.1 Å². The number of carbonyl (C=O) groups excluding carboxylic acids is 1. The summed E-state index contributed by atoms with van der Waals surface area (Å²) in [4.78, 5) is 23.6. The van der Waals surface area contributed by atoms with Crippen molar-refractivity contribution in [1.29, 1.82) is 0 Å². The van der Waals surface area contributed by atoms with Crippen molar-refractivity contribution < 1.29 is 4.79 Å². The average molecular weight is 324 g/mol. The Morgan fingerprint density at radius 3 is 2.76 bits per heavy atom. The number of carbonyl (C=O) groups is 1. The van der Waals surface area contributed by atoms with E-state index < -0.39 is 5.91 Å². The van der Waals surface area contributed by atoms with E-state index in [9.17, 15) is 9.59 Å². The minimum Gasteiger partial charge on any atom is -0.318 e. The molecule has 1 N–H and O–H groups in total. The van der Waals surface area contributed by atoms with Crippen molar-refractivity contribution in [3.05, 3.63) is 68.1 Å². The van der Waals surface area contributed by atoms with Crippen LogP contribution >= 0.6 is 23.2 Å². The fraction of sp³-hybridized carbons (Fsp3) is 0.0714. The maximum Gasteiger partial charge on any atom is 0.276 e. The molecule has 0 saturated heterocycles. The molecule has 0 aliphatic rings. The summed E-state index contributed by atoms with van der Waals surface area (Å²) in [7, 11) is 1.57. The maximum absolute atomic E-state index is 11.8. The third kappa shape index (κ3) is 3.71. The Morgan fingerprint density at radius 1 is 1.29 bits per heavy atom. The van der Waals surface area contributed by atoms with Crippen LogP contribution < -0.4 is 11.0 Å². The van der Waals surface area contributed by atoms with Gasteiger partial charge < -0.3 is 4.57 Å². The van der Waals surface area contributed by atoms with E-state index in [2.05, 4.69) is 10.5 Å². The van der Waals surface area contributed by atoms with Crippen molar-refractivity contribution in [3.8, 4) is 0 Å². The minimum absolute atomic E-state index is 0.0197. The van der Waals surface area contributed by atoms with Gasteiger partial charge in [-0.1, -0.05) is 29.3 Å². The van der Waals surface area contributed by atoms with Crippen LogP contribution in [0.25, 0.3) is 0 Å². The Balaban J connectivity index is 2.10. The molecule has 0 aliphatic heterocycles. The number of hydrazone groups is 1. The largest absolute Gasteiger partial charge is 0.318 e. The molecule has 5 nitrogen and oxygen atoms in total. The summed E-state index contributed by atoms with van der Waals surface area (Å²) in [5.74, 6) is -0.576. The van der Waals surface area contributed by atoms with E-state index in [0.29, 0.717) is 15.6 Å². The quantitative estimate of drug-likeness (QED) is 0.696. The van der Waals surface area contributed by atoms with Crippen LogP contribution in [-0.2, 0) is 7.05 Å². The van der Waals surface area contributed by atoms with Crippen molar-refractivity contribution in [2.24, 2.45) is 12.1 Å². The third-order valence-corrected chi connectivity index (χ3v) is 3.43. The molecular formula is C14H11Cl2N3O2. The van der Waals surface area contributed by atoms with Gasteiger partial charge in [-0.25, -0.2) is 5.43 Å². The monoisotopic (exact) mass is 323 g/mol. The van der Waals surface area contributed by atoms with Crippen molar-refractivity contribution in [2.45, 2.75) is 0 Å². The van der Waals surface area contributed by atoms with E-state index >= 15 is 0 Å². The summed E-state index contributed by atoms with van der Waals surface area (Å²) in [5.41, 5.74) is 2.59. The molecule has 0 aliphatic carbocycles. The molecule has 7 heteroatoms. The van der Waals surface area contributed by atoms with Crippen LogP contribution in [0.15, 0.2) is 46.4 Å². The van der Waals surface area contributed by atoms with E-state index in [1.165, 1.54) is 16.8 Å². The lowest BCUT2D eigenvalue weighted by Gasteiger charge is -2.01. The molecule has 0 spiro atoms. The zero-order chi connectivity index (χ0) is 15.4. The predicted molar refractivity (Wildman–Crippen MR) is 83.2 cm³/mol. The number of hydrogen-bond donors (Lipinski definition) is 1. The molecule has 0 atom stereocenters. The van der Waals surface area contributed by atoms with Gasteiger partial charge in [0.05, 0.1) is 16.3 Å². The van der Waals surface area contributed by atoms with Gasteiger partial charge in [-0.3, -0.25) is 9.59 Å². The Kier molecular flexibility index (Phi) is 4.77. The van der Waals surface area contributed by atoms with Crippen molar-refractivity contribution >= 4 is 35.3 Å². The van der Waals surface area contributed by atoms with Gasteiger partial charge in [0.25, 0.3) is 11.5 Å². The zero-order valence-corrected chi connectivity index (χ0v) is 12.5. The van der Waals surface area contributed by atoms with Gasteiger partial charge in [-0.15, -0.1) is 0 Å². The van der Waals surface area contributed by atoms with Crippen LogP contribution in [0.5, 0.6) is 0 Å². The summed E-state index contributed by atoms with van der Waals surface area (Å²) in [5, 5.41) is 4.61. The van der Waals surface area contributed by atoms with E-state index in [1.807, 2.05) is 0 Å². The lowest BCUT2D eigenvalue weighted by molar-refractivity contribution is 0.0953. The van der Waals surface area contributed by atoms with Gasteiger partial charge in [-0.2, -0.15) is 5.10 Å². The Morgan fingerprint density at radius 2 is 2.05 bits per heavy atom. The third-order valence-electron chi connectivity index (χ3n) is 2.69. The highest BCUT2D eigenvalue weighted by Crippen LogP contribution is 2.21. The first-order valence-electron chi connectivity index (χ1n) is 5.93. The minimum atomic E-state index is -0.576. The Labute approximate surface area is 130 Å². The number of amides is 1. The van der Waals surface area contributed by atoms with Gasteiger partial charge in [-0.05, 0) is 29.8 Å². The molecule has 0 fully saturated rings. The highest BCUT2D eigenvalue weighted by atomic mass is 35.5. The molecular weight excluding hydrogens is 313 g/mol. The van der Waals surface area contributed by atoms with E-state index in [4.69, 9.17) is 23.2 Å². The van der Waals surface area contributed by atoms with Crippen LogP contribution in [0, 0.1) is 0 Å². The number of rotatable bonds is 3. The normalized spacial score (nSPS) is 10.8. The fourth-order valence-corrected chi connectivity index (χ4v) is 1.90. The number of aromatic nitrogens is 1. The van der Waals surface area contributed by atoms with E-state index in [0.717, 1.165) is 0 Å². The molecule has 1 aromatic carbocycles. The summed E-state index contributed by atoms with van der Waals surface area (Å²) >= 11 is 11.7. The number of benzene rings is 1. The Bertz CT molecular complexity index is 769. The van der Waals surface area contributed by atoms with Crippen molar-refractivity contribution in [3.63, 3.8) is 0 Å².